The van der Waals surface area contributed by atoms with Crippen LogP contribution in [0.3, 0.4) is 0 Å². The molecule has 0 spiro atoms. The lowest BCUT2D eigenvalue weighted by Gasteiger charge is -2.26. The molecule has 90 valence electrons. The Bertz CT molecular complexity index is 270. The first kappa shape index (κ1) is 13.2. The van der Waals surface area contributed by atoms with Crippen molar-refractivity contribution in [2.75, 3.05) is 6.54 Å². The second-order valence-electron chi connectivity index (χ2n) is 4.80. The average molecular weight is 219 g/mol. The van der Waals surface area contributed by atoms with Gasteiger partial charge in [0.05, 0.1) is 5.54 Å². The van der Waals surface area contributed by atoms with Crippen molar-refractivity contribution < 1.29 is 0 Å². The summed E-state index contributed by atoms with van der Waals surface area (Å²) in [7, 11) is 0. The van der Waals surface area contributed by atoms with E-state index in [1.165, 1.54) is 5.57 Å². The summed E-state index contributed by atoms with van der Waals surface area (Å²) in [5.74, 6) is 0.628. The summed E-state index contributed by atoms with van der Waals surface area (Å²) >= 11 is 0. The Labute approximate surface area is 100 Å². The maximum Gasteiger partial charge on any atom is 0.0521 e. The van der Waals surface area contributed by atoms with E-state index in [0.717, 1.165) is 25.8 Å². The van der Waals surface area contributed by atoms with Gasteiger partial charge >= 0.3 is 0 Å². The lowest BCUT2D eigenvalue weighted by atomic mass is 9.87. The lowest BCUT2D eigenvalue weighted by molar-refractivity contribution is 0.525. The van der Waals surface area contributed by atoms with Crippen LogP contribution in [0.2, 0.25) is 0 Å². The van der Waals surface area contributed by atoms with Gasteiger partial charge in [0.15, 0.2) is 0 Å². The second-order valence-corrected chi connectivity index (χ2v) is 4.80. The normalized spacial score (nSPS) is 29.8. The number of nitrogens with one attached hydrogen (secondary N) is 1. The van der Waals surface area contributed by atoms with Gasteiger partial charge in [0.2, 0.25) is 0 Å². The monoisotopic (exact) mass is 219 g/mol. The van der Waals surface area contributed by atoms with E-state index < -0.39 is 0 Å². The van der Waals surface area contributed by atoms with E-state index in [1.54, 1.807) is 0 Å². The van der Waals surface area contributed by atoms with Gasteiger partial charge in [0.25, 0.3) is 0 Å². The molecule has 0 saturated carbocycles. The zero-order chi connectivity index (χ0) is 12.0. The maximum absolute atomic E-state index is 4.16. The van der Waals surface area contributed by atoms with Crippen LogP contribution in [-0.2, 0) is 0 Å². The fourth-order valence-corrected chi connectivity index (χ4v) is 2.23. The molecule has 0 atom stereocenters. The number of hydrogen-bond donors (Lipinski definition) is 1. The zero-order valence-corrected chi connectivity index (χ0v) is 10.9. The largest absolute Gasteiger partial charge is 0.305 e. The summed E-state index contributed by atoms with van der Waals surface area (Å²) < 4.78 is 0. The molecule has 0 saturated heterocycles. The molecule has 0 amide bonds. The van der Waals surface area contributed by atoms with E-state index in [0.29, 0.717) is 5.92 Å². The van der Waals surface area contributed by atoms with Crippen LogP contribution in [0.25, 0.3) is 0 Å². The SMILES string of the molecule is C=C(CC)C1CC=CC(C)(NCC)C=CC1. The molecular weight excluding hydrogens is 194 g/mol. The Morgan fingerprint density at radius 2 is 1.88 bits per heavy atom. The fraction of sp³-hybridized carbons (Fsp3) is 0.600. The van der Waals surface area contributed by atoms with E-state index in [-0.39, 0.29) is 5.54 Å². The van der Waals surface area contributed by atoms with Gasteiger partial charge in [0, 0.05) is 0 Å². The van der Waals surface area contributed by atoms with E-state index in [4.69, 9.17) is 0 Å². The maximum atomic E-state index is 4.16. The van der Waals surface area contributed by atoms with Gasteiger partial charge in [-0.3, -0.25) is 0 Å². The summed E-state index contributed by atoms with van der Waals surface area (Å²) in [6.07, 6.45) is 12.5. The zero-order valence-electron chi connectivity index (χ0n) is 10.9. The van der Waals surface area contributed by atoms with Crippen molar-refractivity contribution in [1.82, 2.24) is 5.32 Å². The van der Waals surface area contributed by atoms with Gasteiger partial charge in [0.1, 0.15) is 0 Å². The summed E-state index contributed by atoms with van der Waals surface area (Å²) in [4.78, 5) is 0. The number of rotatable bonds is 4. The van der Waals surface area contributed by atoms with Gasteiger partial charge in [-0.1, -0.05) is 50.3 Å². The van der Waals surface area contributed by atoms with Gasteiger partial charge in [-0.25, -0.2) is 0 Å². The molecule has 1 N–H and O–H groups in total. The topological polar surface area (TPSA) is 12.0 Å². The van der Waals surface area contributed by atoms with E-state index in [1.807, 2.05) is 0 Å². The lowest BCUT2D eigenvalue weighted by Crippen LogP contribution is -2.38. The van der Waals surface area contributed by atoms with Crippen molar-refractivity contribution in [1.29, 1.82) is 0 Å². The second kappa shape index (κ2) is 6.05. The number of likely N-dealkylation sites (N-methyl/N-ethyl adjacent to an activating group) is 1. The molecule has 0 fully saturated rings. The van der Waals surface area contributed by atoms with Gasteiger partial charge in [-0.2, -0.15) is 0 Å². The van der Waals surface area contributed by atoms with Crippen molar-refractivity contribution in [2.24, 2.45) is 5.92 Å². The first-order valence-electron chi connectivity index (χ1n) is 6.39. The molecular formula is C15H25N. The minimum absolute atomic E-state index is 0.0350. The van der Waals surface area contributed by atoms with Crippen LogP contribution in [0.1, 0.15) is 40.0 Å². The minimum atomic E-state index is 0.0350. The van der Waals surface area contributed by atoms with Crippen LogP contribution in [-0.4, -0.2) is 12.1 Å². The number of hydrogen-bond acceptors (Lipinski definition) is 1. The summed E-state index contributed by atoms with van der Waals surface area (Å²) in [6.45, 7) is 11.7. The van der Waals surface area contributed by atoms with Crippen molar-refractivity contribution in [3.63, 3.8) is 0 Å². The first-order valence-corrected chi connectivity index (χ1v) is 6.39. The standard InChI is InChI=1S/C15H25N/c1-5-13(3)14-9-7-11-15(4,16-6-2)12-8-10-14/h7-8,11-12,14,16H,3,5-6,9-10H2,1-2,4H3. The molecule has 0 heterocycles. The molecule has 0 aliphatic heterocycles. The Kier molecular flexibility index (Phi) is 5.01. The van der Waals surface area contributed by atoms with Crippen molar-refractivity contribution >= 4 is 0 Å². The van der Waals surface area contributed by atoms with E-state index >= 15 is 0 Å². The fourth-order valence-electron chi connectivity index (χ4n) is 2.23. The molecule has 0 radical (unpaired) electrons. The Hall–Kier alpha value is -0.820. The highest BCUT2D eigenvalue weighted by Crippen LogP contribution is 2.25. The van der Waals surface area contributed by atoms with E-state index in [2.05, 4.69) is 57.0 Å². The van der Waals surface area contributed by atoms with Crippen LogP contribution in [0.15, 0.2) is 36.5 Å². The van der Waals surface area contributed by atoms with Crippen molar-refractivity contribution in [2.45, 2.75) is 45.6 Å². The molecule has 0 aromatic heterocycles. The highest BCUT2D eigenvalue weighted by molar-refractivity contribution is 5.20. The molecule has 1 aliphatic rings. The average Bonchev–Trinajstić information content (AvgIpc) is 2.23. The highest BCUT2D eigenvalue weighted by atomic mass is 14.9. The molecule has 1 nitrogen and oxygen atoms in total. The summed E-state index contributed by atoms with van der Waals surface area (Å²) in [6, 6.07) is 0. The predicted octanol–water partition coefficient (Wildman–Crippen LogP) is 3.84. The molecule has 0 bridgehead atoms. The highest BCUT2D eigenvalue weighted by Gasteiger charge is 2.18. The quantitative estimate of drug-likeness (QED) is 0.708. The minimum Gasteiger partial charge on any atom is -0.305 e. The molecule has 0 unspecified atom stereocenters. The van der Waals surface area contributed by atoms with Gasteiger partial charge < -0.3 is 5.32 Å². The van der Waals surface area contributed by atoms with Crippen LogP contribution in [0.4, 0.5) is 0 Å². The van der Waals surface area contributed by atoms with Gasteiger partial charge in [-0.05, 0) is 38.6 Å². The molecule has 1 rings (SSSR count). The summed E-state index contributed by atoms with van der Waals surface area (Å²) in [5.41, 5.74) is 1.41. The van der Waals surface area contributed by atoms with Crippen LogP contribution in [0, 0.1) is 5.92 Å². The van der Waals surface area contributed by atoms with Crippen LogP contribution >= 0.6 is 0 Å². The van der Waals surface area contributed by atoms with Crippen LogP contribution in [0.5, 0.6) is 0 Å². The van der Waals surface area contributed by atoms with Crippen molar-refractivity contribution in [3.05, 3.63) is 36.5 Å². The Morgan fingerprint density at radius 3 is 2.31 bits per heavy atom. The molecule has 0 aromatic carbocycles. The van der Waals surface area contributed by atoms with Crippen molar-refractivity contribution in [3.8, 4) is 0 Å². The molecule has 1 aliphatic carbocycles. The van der Waals surface area contributed by atoms with E-state index in [9.17, 15) is 0 Å². The molecule has 0 aromatic rings. The third kappa shape index (κ3) is 3.64. The Morgan fingerprint density at radius 1 is 1.31 bits per heavy atom. The molecule has 1 heteroatoms. The predicted molar refractivity (Wildman–Crippen MR) is 72.5 cm³/mol. The smallest absolute Gasteiger partial charge is 0.0521 e. The Balaban J connectivity index is 2.67. The summed E-state index contributed by atoms with van der Waals surface area (Å²) in [5, 5.41) is 3.49. The number of allylic oxidation sites excluding steroid dienone is 3. The van der Waals surface area contributed by atoms with Crippen LogP contribution < -0.4 is 5.32 Å². The third-order valence-electron chi connectivity index (χ3n) is 3.36. The molecule has 16 heavy (non-hydrogen) atoms. The third-order valence-corrected chi connectivity index (χ3v) is 3.36. The van der Waals surface area contributed by atoms with Gasteiger partial charge in [-0.15, -0.1) is 0 Å². The first-order chi connectivity index (χ1) is 7.61.